The third-order valence-corrected chi connectivity index (χ3v) is 6.30. The Morgan fingerprint density at radius 2 is 2.00 bits per heavy atom. The lowest BCUT2D eigenvalue weighted by atomic mass is 9.85. The predicted molar refractivity (Wildman–Crippen MR) is 115 cm³/mol. The van der Waals surface area contributed by atoms with E-state index < -0.39 is 5.60 Å². The third-order valence-electron chi connectivity index (χ3n) is 6.30. The Bertz CT molecular complexity index is 1300. The lowest BCUT2D eigenvalue weighted by Gasteiger charge is -2.39. The Labute approximate surface area is 179 Å². The molecule has 3 aromatic rings. The third kappa shape index (κ3) is 2.95. The second kappa shape index (κ2) is 7.04. The van der Waals surface area contributed by atoms with E-state index in [1.165, 1.54) is 0 Å². The molecule has 1 unspecified atom stereocenters. The first-order valence-electron chi connectivity index (χ1n) is 10.6. The first kappa shape index (κ1) is 19.5. The van der Waals surface area contributed by atoms with Gasteiger partial charge in [-0.05, 0) is 44.9 Å². The van der Waals surface area contributed by atoms with Gasteiger partial charge in [0.1, 0.15) is 11.2 Å². The number of nitrogens with zero attached hydrogens (tertiary/aromatic N) is 3. The fourth-order valence-electron chi connectivity index (χ4n) is 4.77. The van der Waals surface area contributed by atoms with E-state index in [1.807, 2.05) is 36.6 Å². The Morgan fingerprint density at radius 1 is 1.19 bits per heavy atom. The van der Waals surface area contributed by atoms with Crippen molar-refractivity contribution in [1.29, 1.82) is 0 Å². The van der Waals surface area contributed by atoms with Crippen molar-refractivity contribution in [1.82, 2.24) is 14.5 Å². The van der Waals surface area contributed by atoms with Gasteiger partial charge in [-0.15, -0.1) is 0 Å². The summed E-state index contributed by atoms with van der Waals surface area (Å²) in [7, 11) is 0. The normalized spacial score (nSPS) is 20.2. The van der Waals surface area contributed by atoms with Crippen molar-refractivity contribution in [3.63, 3.8) is 0 Å². The summed E-state index contributed by atoms with van der Waals surface area (Å²) < 4.78 is 7.64. The summed E-state index contributed by atoms with van der Waals surface area (Å²) in [6.45, 7) is 5.16. The predicted octanol–water partition coefficient (Wildman–Crippen LogP) is 3.03. The largest absolute Gasteiger partial charge is 0.449 e. The van der Waals surface area contributed by atoms with Crippen LogP contribution >= 0.6 is 0 Å². The number of fused-ring (bicyclic) bond motifs is 3. The van der Waals surface area contributed by atoms with E-state index in [0.717, 1.165) is 11.3 Å². The van der Waals surface area contributed by atoms with E-state index >= 15 is 0 Å². The van der Waals surface area contributed by atoms with Gasteiger partial charge in [0.25, 0.3) is 5.91 Å². The number of piperidine rings is 1. The molecule has 2 aromatic heterocycles. The van der Waals surface area contributed by atoms with Crippen molar-refractivity contribution >= 4 is 22.9 Å². The highest BCUT2D eigenvalue weighted by Crippen LogP contribution is 2.42. The molecule has 0 aliphatic carbocycles. The first-order chi connectivity index (χ1) is 14.9. The monoisotopic (exact) mass is 417 g/mol. The minimum atomic E-state index is -0.846. The minimum absolute atomic E-state index is 0.120. The molecule has 31 heavy (non-hydrogen) atoms. The standard InChI is InChI=1S/C24H23N3O4/c1-3-26-13-18(20(28)17-10-9-15(2)25-21(17)26)22(29)27-12-6-11-24(14-27)19-8-5-4-7-16(19)23(30)31-24/h4-5,7-10,13H,3,6,11-12,14H2,1-2H3. The number of likely N-dealkylation sites (tertiary alicyclic amines) is 1. The van der Waals surface area contributed by atoms with Crippen molar-refractivity contribution < 1.29 is 14.3 Å². The van der Waals surface area contributed by atoms with E-state index in [1.54, 1.807) is 29.3 Å². The molecule has 4 heterocycles. The smallest absolute Gasteiger partial charge is 0.339 e. The van der Waals surface area contributed by atoms with Gasteiger partial charge in [0.2, 0.25) is 5.43 Å². The van der Waals surface area contributed by atoms with Crippen LogP contribution in [0.1, 0.15) is 51.7 Å². The van der Waals surface area contributed by atoms with E-state index in [4.69, 9.17) is 4.74 Å². The number of carbonyl (C=O) groups is 2. The van der Waals surface area contributed by atoms with Crippen molar-refractivity contribution in [3.05, 3.63) is 75.2 Å². The van der Waals surface area contributed by atoms with Crippen LogP contribution < -0.4 is 5.43 Å². The highest BCUT2D eigenvalue weighted by Gasteiger charge is 2.49. The van der Waals surface area contributed by atoms with E-state index in [-0.39, 0.29) is 29.4 Å². The molecule has 0 N–H and O–H groups in total. The molecular weight excluding hydrogens is 394 g/mol. The summed E-state index contributed by atoms with van der Waals surface area (Å²) in [6.07, 6.45) is 2.94. The van der Waals surface area contributed by atoms with Crippen LogP contribution in [0.15, 0.2) is 47.4 Å². The second-order valence-corrected chi connectivity index (χ2v) is 8.24. The first-order valence-corrected chi connectivity index (χ1v) is 10.6. The van der Waals surface area contributed by atoms with Gasteiger partial charge >= 0.3 is 5.97 Å². The zero-order chi connectivity index (χ0) is 21.8. The number of rotatable bonds is 2. The molecule has 0 bridgehead atoms. The van der Waals surface area contributed by atoms with Crippen LogP contribution in [0, 0.1) is 6.92 Å². The molecule has 0 saturated carbocycles. The molecule has 7 heteroatoms. The van der Waals surface area contributed by atoms with Gasteiger partial charge in [0, 0.05) is 30.5 Å². The summed E-state index contributed by atoms with van der Waals surface area (Å²) in [6, 6.07) is 10.8. The molecule has 1 spiro atoms. The number of hydrogen-bond acceptors (Lipinski definition) is 5. The van der Waals surface area contributed by atoms with Crippen LogP contribution in [-0.2, 0) is 16.9 Å². The van der Waals surface area contributed by atoms with Crippen molar-refractivity contribution in [2.24, 2.45) is 0 Å². The summed E-state index contributed by atoms with van der Waals surface area (Å²) in [4.78, 5) is 45.2. The number of hydrogen-bond donors (Lipinski definition) is 0. The van der Waals surface area contributed by atoms with Gasteiger partial charge in [0.05, 0.1) is 17.5 Å². The molecule has 2 aliphatic rings. The van der Waals surface area contributed by atoms with Crippen LogP contribution in [0.4, 0.5) is 0 Å². The molecule has 1 fully saturated rings. The second-order valence-electron chi connectivity index (χ2n) is 8.24. The Hall–Kier alpha value is -3.48. The number of aryl methyl sites for hydroxylation is 2. The SMILES string of the molecule is CCn1cc(C(=O)N2CCCC3(C2)OC(=O)c2ccccc23)c(=O)c2ccc(C)nc21. The number of esters is 1. The van der Waals surface area contributed by atoms with Gasteiger partial charge in [-0.2, -0.15) is 0 Å². The van der Waals surface area contributed by atoms with E-state index in [0.29, 0.717) is 42.5 Å². The molecule has 5 rings (SSSR count). The summed E-state index contributed by atoms with van der Waals surface area (Å²) in [5, 5.41) is 0.433. The molecule has 7 nitrogen and oxygen atoms in total. The van der Waals surface area contributed by atoms with Crippen LogP contribution in [-0.4, -0.2) is 39.4 Å². The number of pyridine rings is 2. The number of carbonyl (C=O) groups excluding carboxylic acids is 2. The van der Waals surface area contributed by atoms with Crippen LogP contribution in [0.3, 0.4) is 0 Å². The van der Waals surface area contributed by atoms with E-state index in [2.05, 4.69) is 4.98 Å². The summed E-state index contributed by atoms with van der Waals surface area (Å²) in [5.41, 5.74) is 1.72. The number of amides is 1. The molecule has 1 aromatic carbocycles. The van der Waals surface area contributed by atoms with Crippen molar-refractivity contribution in [2.75, 3.05) is 13.1 Å². The lowest BCUT2D eigenvalue weighted by molar-refractivity contribution is -0.0442. The zero-order valence-corrected chi connectivity index (χ0v) is 17.6. The summed E-state index contributed by atoms with van der Waals surface area (Å²) in [5.74, 6) is -0.695. The quantitative estimate of drug-likeness (QED) is 0.599. The molecular formula is C24H23N3O4. The Morgan fingerprint density at radius 3 is 2.81 bits per heavy atom. The maximum Gasteiger partial charge on any atom is 0.339 e. The van der Waals surface area contributed by atoms with Gasteiger partial charge < -0.3 is 14.2 Å². The molecule has 1 saturated heterocycles. The van der Waals surface area contributed by atoms with Gasteiger partial charge in [-0.25, -0.2) is 9.78 Å². The van der Waals surface area contributed by atoms with Gasteiger partial charge in [0.15, 0.2) is 5.60 Å². The molecule has 2 aliphatic heterocycles. The zero-order valence-electron chi connectivity index (χ0n) is 17.6. The fourth-order valence-corrected chi connectivity index (χ4v) is 4.77. The van der Waals surface area contributed by atoms with E-state index in [9.17, 15) is 14.4 Å². The minimum Gasteiger partial charge on any atom is -0.449 e. The average Bonchev–Trinajstić information content (AvgIpc) is 3.05. The van der Waals surface area contributed by atoms with Crippen molar-refractivity contribution in [2.45, 2.75) is 38.8 Å². The average molecular weight is 417 g/mol. The fraction of sp³-hybridized carbons (Fsp3) is 0.333. The van der Waals surface area contributed by atoms with Gasteiger partial charge in [-0.3, -0.25) is 9.59 Å². The molecule has 1 amide bonds. The highest BCUT2D eigenvalue weighted by atomic mass is 16.6. The number of ether oxygens (including phenoxy) is 1. The Kier molecular flexibility index (Phi) is 4.43. The van der Waals surface area contributed by atoms with Crippen LogP contribution in [0.2, 0.25) is 0 Å². The Balaban J connectivity index is 1.55. The maximum absolute atomic E-state index is 13.5. The van der Waals surface area contributed by atoms with Crippen LogP contribution in [0.5, 0.6) is 0 Å². The van der Waals surface area contributed by atoms with Crippen LogP contribution in [0.25, 0.3) is 11.0 Å². The highest BCUT2D eigenvalue weighted by molar-refractivity contribution is 5.98. The molecule has 158 valence electrons. The maximum atomic E-state index is 13.5. The summed E-state index contributed by atoms with van der Waals surface area (Å²) >= 11 is 0. The molecule has 1 atom stereocenters. The number of benzene rings is 1. The topological polar surface area (TPSA) is 81.5 Å². The van der Waals surface area contributed by atoms with Crippen molar-refractivity contribution in [3.8, 4) is 0 Å². The lowest BCUT2D eigenvalue weighted by Crippen LogP contribution is -2.49. The number of aromatic nitrogens is 2. The van der Waals surface area contributed by atoms with Gasteiger partial charge in [-0.1, -0.05) is 18.2 Å². The molecule has 0 radical (unpaired) electrons.